The number of rotatable bonds is 6. The van der Waals surface area contributed by atoms with E-state index in [9.17, 15) is 13.6 Å². The van der Waals surface area contributed by atoms with Gasteiger partial charge in [0.1, 0.15) is 17.3 Å². The van der Waals surface area contributed by atoms with Crippen LogP contribution in [0.2, 0.25) is 0 Å². The summed E-state index contributed by atoms with van der Waals surface area (Å²) in [4.78, 5) is 12.9. The standard InChI is InChI=1S/C17H17F2NO3S/c1-10(17(21)20-16-12(18)5-4-6-13(16)19)24-11-7-8-14(22-2)15(9-11)23-3/h4-10H,1-3H3,(H,20,21)/t10-/m0/s1. The van der Waals surface area contributed by atoms with Gasteiger partial charge in [0.2, 0.25) is 5.91 Å². The zero-order valence-electron chi connectivity index (χ0n) is 13.4. The molecule has 0 saturated heterocycles. The lowest BCUT2D eigenvalue weighted by Gasteiger charge is -2.14. The second-order valence-corrected chi connectivity index (χ2v) is 6.28. The SMILES string of the molecule is COc1ccc(S[C@@H](C)C(=O)Nc2c(F)cccc2F)cc1OC. The Kier molecular flexibility index (Phi) is 6.03. The molecule has 0 saturated carbocycles. The number of halogens is 2. The van der Waals surface area contributed by atoms with Gasteiger partial charge in [0.05, 0.1) is 19.5 Å². The van der Waals surface area contributed by atoms with Gasteiger partial charge in [-0.3, -0.25) is 4.79 Å². The van der Waals surface area contributed by atoms with Crippen LogP contribution in [0.5, 0.6) is 11.5 Å². The molecular weight excluding hydrogens is 336 g/mol. The molecule has 4 nitrogen and oxygen atoms in total. The van der Waals surface area contributed by atoms with E-state index < -0.39 is 28.5 Å². The van der Waals surface area contributed by atoms with Crippen LogP contribution in [0.15, 0.2) is 41.3 Å². The van der Waals surface area contributed by atoms with Crippen molar-refractivity contribution < 1.29 is 23.0 Å². The van der Waals surface area contributed by atoms with E-state index >= 15 is 0 Å². The third kappa shape index (κ3) is 4.17. The molecule has 1 amide bonds. The van der Waals surface area contributed by atoms with Crippen LogP contribution in [0.4, 0.5) is 14.5 Å². The van der Waals surface area contributed by atoms with Crippen LogP contribution >= 0.6 is 11.8 Å². The Bertz CT molecular complexity index is 720. The molecule has 0 aliphatic heterocycles. The van der Waals surface area contributed by atoms with Crippen molar-refractivity contribution in [2.24, 2.45) is 0 Å². The van der Waals surface area contributed by atoms with Gasteiger partial charge in [-0.2, -0.15) is 0 Å². The molecule has 1 atom stereocenters. The molecule has 1 N–H and O–H groups in total. The Labute approximate surface area is 143 Å². The van der Waals surface area contributed by atoms with Gasteiger partial charge in [-0.15, -0.1) is 11.8 Å². The molecule has 128 valence electrons. The molecule has 7 heteroatoms. The summed E-state index contributed by atoms with van der Waals surface area (Å²) < 4.78 is 37.5. The second-order valence-electron chi connectivity index (χ2n) is 4.86. The normalized spacial score (nSPS) is 11.7. The number of benzene rings is 2. The Morgan fingerprint density at radius 3 is 2.29 bits per heavy atom. The molecule has 0 spiro atoms. The van der Waals surface area contributed by atoms with E-state index in [-0.39, 0.29) is 0 Å². The van der Waals surface area contributed by atoms with Crippen LogP contribution in [0.25, 0.3) is 0 Å². The summed E-state index contributed by atoms with van der Waals surface area (Å²) in [5.74, 6) is -1.01. The Balaban J connectivity index is 2.09. The number of methoxy groups -OCH3 is 2. The predicted molar refractivity (Wildman–Crippen MR) is 89.9 cm³/mol. The third-order valence-electron chi connectivity index (χ3n) is 3.25. The van der Waals surface area contributed by atoms with Crippen LogP contribution in [0, 0.1) is 11.6 Å². The van der Waals surface area contributed by atoms with E-state index in [2.05, 4.69) is 5.32 Å². The fourth-order valence-electron chi connectivity index (χ4n) is 1.99. The van der Waals surface area contributed by atoms with Crippen molar-refractivity contribution in [1.82, 2.24) is 0 Å². The highest BCUT2D eigenvalue weighted by Gasteiger charge is 2.19. The van der Waals surface area contributed by atoms with Crippen molar-refractivity contribution in [2.75, 3.05) is 19.5 Å². The second kappa shape index (κ2) is 8.01. The smallest absolute Gasteiger partial charge is 0.237 e. The van der Waals surface area contributed by atoms with E-state index in [1.807, 2.05) is 0 Å². The van der Waals surface area contributed by atoms with Gasteiger partial charge in [-0.1, -0.05) is 6.07 Å². The molecule has 0 aliphatic rings. The lowest BCUT2D eigenvalue weighted by Crippen LogP contribution is -2.23. The number of ether oxygens (including phenoxy) is 2. The van der Waals surface area contributed by atoms with E-state index in [0.29, 0.717) is 11.5 Å². The minimum atomic E-state index is -0.813. The van der Waals surface area contributed by atoms with Crippen molar-refractivity contribution in [2.45, 2.75) is 17.1 Å². The number of thioether (sulfide) groups is 1. The number of nitrogens with one attached hydrogen (secondary N) is 1. The van der Waals surface area contributed by atoms with Gasteiger partial charge in [0.25, 0.3) is 0 Å². The number of carbonyl (C=O) groups excluding carboxylic acids is 1. The maximum atomic E-state index is 13.6. The number of hydrogen-bond acceptors (Lipinski definition) is 4. The topological polar surface area (TPSA) is 47.6 Å². The zero-order chi connectivity index (χ0) is 17.7. The summed E-state index contributed by atoms with van der Waals surface area (Å²) in [5, 5.41) is 1.72. The molecule has 2 aromatic rings. The van der Waals surface area contributed by atoms with Gasteiger partial charge in [0, 0.05) is 4.90 Å². The van der Waals surface area contributed by atoms with E-state index in [1.165, 1.54) is 32.0 Å². The maximum absolute atomic E-state index is 13.6. The number of carbonyl (C=O) groups is 1. The van der Waals surface area contributed by atoms with Crippen LogP contribution in [0.3, 0.4) is 0 Å². The number of amides is 1. The summed E-state index contributed by atoms with van der Waals surface area (Å²) in [7, 11) is 3.05. The van der Waals surface area contributed by atoms with Crippen LogP contribution < -0.4 is 14.8 Å². The molecule has 2 rings (SSSR count). The molecule has 0 aromatic heterocycles. The highest BCUT2D eigenvalue weighted by molar-refractivity contribution is 8.00. The Morgan fingerprint density at radius 2 is 1.71 bits per heavy atom. The highest BCUT2D eigenvalue weighted by atomic mass is 32.2. The van der Waals surface area contributed by atoms with E-state index in [4.69, 9.17) is 9.47 Å². The van der Waals surface area contributed by atoms with Gasteiger partial charge in [0.15, 0.2) is 11.5 Å². The van der Waals surface area contributed by atoms with Crippen molar-refractivity contribution in [3.05, 3.63) is 48.0 Å². The van der Waals surface area contributed by atoms with Crippen molar-refractivity contribution in [3.8, 4) is 11.5 Å². The van der Waals surface area contributed by atoms with Crippen LogP contribution in [-0.2, 0) is 4.79 Å². The molecule has 0 radical (unpaired) electrons. The van der Waals surface area contributed by atoms with Crippen molar-refractivity contribution in [3.63, 3.8) is 0 Å². The molecule has 2 aromatic carbocycles. The summed E-state index contributed by atoms with van der Waals surface area (Å²) in [6.07, 6.45) is 0. The molecule has 0 bridgehead atoms. The summed E-state index contributed by atoms with van der Waals surface area (Å²) in [6.45, 7) is 1.65. The van der Waals surface area contributed by atoms with Gasteiger partial charge < -0.3 is 14.8 Å². The van der Waals surface area contributed by atoms with Gasteiger partial charge >= 0.3 is 0 Å². The first-order valence-corrected chi connectivity index (χ1v) is 7.97. The fourth-order valence-corrected chi connectivity index (χ4v) is 2.89. The van der Waals surface area contributed by atoms with Crippen LogP contribution in [-0.4, -0.2) is 25.4 Å². The number of anilines is 1. The van der Waals surface area contributed by atoms with Crippen molar-refractivity contribution in [1.29, 1.82) is 0 Å². The first kappa shape index (κ1) is 18.1. The highest BCUT2D eigenvalue weighted by Crippen LogP contribution is 2.34. The Morgan fingerprint density at radius 1 is 1.08 bits per heavy atom. The first-order valence-electron chi connectivity index (χ1n) is 7.09. The van der Waals surface area contributed by atoms with Gasteiger partial charge in [-0.25, -0.2) is 8.78 Å². The predicted octanol–water partition coefficient (Wildman–Crippen LogP) is 4.10. The summed E-state index contributed by atoms with van der Waals surface area (Å²) in [6, 6.07) is 8.65. The largest absolute Gasteiger partial charge is 0.493 e. The fraction of sp³-hybridized carbons (Fsp3) is 0.235. The minimum Gasteiger partial charge on any atom is -0.493 e. The lowest BCUT2D eigenvalue weighted by molar-refractivity contribution is -0.115. The lowest BCUT2D eigenvalue weighted by atomic mass is 10.3. The molecule has 24 heavy (non-hydrogen) atoms. The molecule has 0 fully saturated rings. The van der Waals surface area contributed by atoms with Crippen LogP contribution in [0.1, 0.15) is 6.92 Å². The van der Waals surface area contributed by atoms with E-state index in [1.54, 1.807) is 25.1 Å². The monoisotopic (exact) mass is 353 g/mol. The average Bonchev–Trinajstić information content (AvgIpc) is 2.57. The molecule has 0 unspecified atom stereocenters. The van der Waals surface area contributed by atoms with Gasteiger partial charge in [-0.05, 0) is 37.3 Å². The molecule has 0 heterocycles. The average molecular weight is 353 g/mol. The van der Waals surface area contributed by atoms with Crippen molar-refractivity contribution >= 4 is 23.4 Å². The Hall–Kier alpha value is -2.28. The quantitative estimate of drug-likeness (QED) is 0.794. The summed E-state index contributed by atoms with van der Waals surface area (Å²) in [5.41, 5.74) is -0.442. The first-order chi connectivity index (χ1) is 11.5. The third-order valence-corrected chi connectivity index (χ3v) is 4.34. The maximum Gasteiger partial charge on any atom is 0.237 e. The minimum absolute atomic E-state index is 0.442. The molecule has 0 aliphatic carbocycles. The van der Waals surface area contributed by atoms with E-state index in [0.717, 1.165) is 17.0 Å². The summed E-state index contributed by atoms with van der Waals surface area (Å²) >= 11 is 1.24. The molecular formula is C17H17F2NO3S. The number of hydrogen-bond donors (Lipinski definition) is 1. The zero-order valence-corrected chi connectivity index (χ0v) is 14.2. The number of para-hydroxylation sites is 1.